The van der Waals surface area contributed by atoms with E-state index in [2.05, 4.69) is 28.8 Å². The van der Waals surface area contributed by atoms with Crippen LogP contribution in [0.15, 0.2) is 42.5 Å². The topological polar surface area (TPSA) is 50.4 Å². The predicted molar refractivity (Wildman–Crippen MR) is 97.3 cm³/mol. The number of ether oxygens (including phenoxy) is 1. The number of benzene rings is 2. The molecule has 0 bridgehead atoms. The van der Waals surface area contributed by atoms with E-state index < -0.39 is 0 Å². The van der Waals surface area contributed by atoms with Crippen LogP contribution in [0.5, 0.6) is 5.75 Å². The van der Waals surface area contributed by atoms with Crippen LogP contribution < -0.4 is 15.4 Å². The molecule has 24 heavy (non-hydrogen) atoms. The van der Waals surface area contributed by atoms with Crippen molar-refractivity contribution in [3.63, 3.8) is 0 Å². The van der Waals surface area contributed by atoms with Gasteiger partial charge in [-0.15, -0.1) is 0 Å². The molecular weight excluding hydrogens is 300 g/mol. The molecule has 0 saturated carbocycles. The van der Waals surface area contributed by atoms with Gasteiger partial charge >= 0.3 is 0 Å². The number of rotatable bonds is 8. The first kappa shape index (κ1) is 16.8. The third-order valence-corrected chi connectivity index (χ3v) is 4.59. The summed E-state index contributed by atoms with van der Waals surface area (Å²) in [5, 5.41) is 8.66. The fraction of sp³-hybridized carbons (Fsp3) is 0.450. The minimum Gasteiger partial charge on any atom is -0.493 e. The Bertz CT molecular complexity index is 660. The summed E-state index contributed by atoms with van der Waals surface area (Å²) >= 11 is 0. The van der Waals surface area contributed by atoms with Crippen molar-refractivity contribution >= 4 is 16.7 Å². The van der Waals surface area contributed by atoms with Gasteiger partial charge in [-0.3, -0.25) is 4.79 Å². The van der Waals surface area contributed by atoms with E-state index in [9.17, 15) is 4.79 Å². The summed E-state index contributed by atoms with van der Waals surface area (Å²) in [7, 11) is 0. The minimum absolute atomic E-state index is 0.127. The Kier molecular flexibility index (Phi) is 6.07. The van der Waals surface area contributed by atoms with Crippen LogP contribution in [0.4, 0.5) is 0 Å². The van der Waals surface area contributed by atoms with Crippen molar-refractivity contribution in [1.82, 2.24) is 10.6 Å². The monoisotopic (exact) mass is 326 g/mol. The molecule has 1 unspecified atom stereocenters. The molecule has 0 spiro atoms. The largest absolute Gasteiger partial charge is 0.493 e. The Balaban J connectivity index is 1.34. The molecule has 128 valence electrons. The van der Waals surface area contributed by atoms with Gasteiger partial charge in [0.25, 0.3) is 0 Å². The van der Waals surface area contributed by atoms with Crippen molar-refractivity contribution < 1.29 is 9.53 Å². The minimum atomic E-state index is 0.127. The molecule has 1 fully saturated rings. The second kappa shape index (κ2) is 8.69. The second-order valence-electron chi connectivity index (χ2n) is 6.43. The van der Waals surface area contributed by atoms with Crippen LogP contribution >= 0.6 is 0 Å². The summed E-state index contributed by atoms with van der Waals surface area (Å²) in [6.45, 7) is 3.56. The molecule has 2 N–H and O–H groups in total. The Hall–Kier alpha value is -2.07. The third kappa shape index (κ3) is 4.71. The highest BCUT2D eigenvalue weighted by Crippen LogP contribution is 2.25. The average Bonchev–Trinajstić information content (AvgIpc) is 3.12. The van der Waals surface area contributed by atoms with E-state index >= 15 is 0 Å². The van der Waals surface area contributed by atoms with Gasteiger partial charge in [0.05, 0.1) is 6.61 Å². The number of amides is 1. The van der Waals surface area contributed by atoms with E-state index in [1.54, 1.807) is 0 Å². The highest BCUT2D eigenvalue weighted by atomic mass is 16.5. The molecule has 1 aliphatic heterocycles. The fourth-order valence-corrected chi connectivity index (χ4v) is 3.20. The molecule has 1 atom stereocenters. The van der Waals surface area contributed by atoms with E-state index in [0.29, 0.717) is 13.0 Å². The van der Waals surface area contributed by atoms with Crippen LogP contribution in [-0.2, 0) is 4.79 Å². The van der Waals surface area contributed by atoms with Crippen molar-refractivity contribution in [2.45, 2.75) is 25.7 Å². The molecule has 4 nitrogen and oxygen atoms in total. The van der Waals surface area contributed by atoms with Crippen LogP contribution in [0.1, 0.15) is 25.7 Å². The highest BCUT2D eigenvalue weighted by molar-refractivity contribution is 5.88. The van der Waals surface area contributed by atoms with E-state index in [1.807, 2.05) is 24.3 Å². The average molecular weight is 326 g/mol. The van der Waals surface area contributed by atoms with Gasteiger partial charge in [0.2, 0.25) is 5.91 Å². The predicted octanol–water partition coefficient (Wildman–Crippen LogP) is 3.11. The molecule has 0 aliphatic carbocycles. The number of fused-ring (bicyclic) bond motifs is 1. The van der Waals surface area contributed by atoms with Gasteiger partial charge < -0.3 is 15.4 Å². The normalized spacial score (nSPS) is 17.1. The summed E-state index contributed by atoms with van der Waals surface area (Å²) in [4.78, 5) is 11.9. The van der Waals surface area contributed by atoms with Crippen LogP contribution in [0.3, 0.4) is 0 Å². The summed E-state index contributed by atoms with van der Waals surface area (Å²) in [6.07, 6.45) is 3.56. The number of hydrogen-bond donors (Lipinski definition) is 2. The lowest BCUT2D eigenvalue weighted by molar-refractivity contribution is -0.121. The maximum Gasteiger partial charge on any atom is 0.220 e. The summed E-state index contributed by atoms with van der Waals surface area (Å²) in [5.41, 5.74) is 0. The lowest BCUT2D eigenvalue weighted by atomic mass is 10.1. The fourth-order valence-electron chi connectivity index (χ4n) is 3.20. The first-order chi connectivity index (χ1) is 11.8. The van der Waals surface area contributed by atoms with Gasteiger partial charge in [-0.05, 0) is 49.7 Å². The maximum absolute atomic E-state index is 11.9. The molecule has 0 aromatic heterocycles. The zero-order valence-corrected chi connectivity index (χ0v) is 14.1. The molecule has 1 amide bonds. The number of hydrogen-bond acceptors (Lipinski definition) is 3. The first-order valence-electron chi connectivity index (χ1n) is 8.91. The number of carbonyl (C=O) groups excluding carboxylic acids is 1. The number of carbonyl (C=O) groups is 1. The SMILES string of the molecule is O=C(CCCOc1cccc2ccccc12)NCCC1CCNC1. The van der Waals surface area contributed by atoms with E-state index in [0.717, 1.165) is 49.5 Å². The van der Waals surface area contributed by atoms with Crippen molar-refractivity contribution in [2.24, 2.45) is 5.92 Å². The van der Waals surface area contributed by atoms with E-state index in [1.165, 1.54) is 11.8 Å². The standard InChI is InChI=1S/C20H26N2O2/c23-20(22-13-11-16-10-12-21-15-16)9-4-14-24-19-8-3-6-17-5-1-2-7-18(17)19/h1-3,5-8,16,21H,4,9-15H2,(H,22,23). The van der Waals surface area contributed by atoms with Crippen LogP contribution in [0, 0.1) is 5.92 Å². The summed E-state index contributed by atoms with van der Waals surface area (Å²) in [5.74, 6) is 1.74. The lowest BCUT2D eigenvalue weighted by Gasteiger charge is -2.10. The smallest absolute Gasteiger partial charge is 0.220 e. The van der Waals surface area contributed by atoms with Crippen molar-refractivity contribution in [3.05, 3.63) is 42.5 Å². The molecule has 0 radical (unpaired) electrons. The van der Waals surface area contributed by atoms with E-state index in [4.69, 9.17) is 4.74 Å². The van der Waals surface area contributed by atoms with Crippen LogP contribution in [-0.4, -0.2) is 32.1 Å². The van der Waals surface area contributed by atoms with Gasteiger partial charge in [0, 0.05) is 18.4 Å². The molecule has 1 heterocycles. The Morgan fingerprint density at radius 3 is 2.96 bits per heavy atom. The van der Waals surface area contributed by atoms with Gasteiger partial charge in [-0.2, -0.15) is 0 Å². The van der Waals surface area contributed by atoms with Gasteiger partial charge in [0.1, 0.15) is 5.75 Å². The lowest BCUT2D eigenvalue weighted by Crippen LogP contribution is -2.26. The zero-order chi connectivity index (χ0) is 16.6. The Labute approximate surface area is 143 Å². The second-order valence-corrected chi connectivity index (χ2v) is 6.43. The van der Waals surface area contributed by atoms with Crippen LogP contribution in [0.2, 0.25) is 0 Å². The molecule has 2 aromatic rings. The van der Waals surface area contributed by atoms with Crippen molar-refractivity contribution in [2.75, 3.05) is 26.2 Å². The van der Waals surface area contributed by atoms with Crippen LogP contribution in [0.25, 0.3) is 10.8 Å². The van der Waals surface area contributed by atoms with Crippen molar-refractivity contribution in [1.29, 1.82) is 0 Å². The van der Waals surface area contributed by atoms with Gasteiger partial charge in [-0.25, -0.2) is 0 Å². The van der Waals surface area contributed by atoms with Crippen molar-refractivity contribution in [3.8, 4) is 5.75 Å². The summed E-state index contributed by atoms with van der Waals surface area (Å²) in [6, 6.07) is 14.3. The highest BCUT2D eigenvalue weighted by Gasteiger charge is 2.14. The molecule has 3 rings (SSSR count). The molecule has 1 saturated heterocycles. The van der Waals surface area contributed by atoms with Gasteiger partial charge in [-0.1, -0.05) is 36.4 Å². The molecular formula is C20H26N2O2. The Morgan fingerprint density at radius 2 is 2.08 bits per heavy atom. The van der Waals surface area contributed by atoms with E-state index in [-0.39, 0.29) is 5.91 Å². The summed E-state index contributed by atoms with van der Waals surface area (Å²) < 4.78 is 5.87. The first-order valence-corrected chi connectivity index (χ1v) is 8.91. The Morgan fingerprint density at radius 1 is 1.21 bits per heavy atom. The third-order valence-electron chi connectivity index (χ3n) is 4.59. The molecule has 2 aromatic carbocycles. The quantitative estimate of drug-likeness (QED) is 0.733. The maximum atomic E-state index is 11.9. The number of nitrogens with one attached hydrogen (secondary N) is 2. The molecule has 1 aliphatic rings. The van der Waals surface area contributed by atoms with Gasteiger partial charge in [0.15, 0.2) is 0 Å². The molecule has 4 heteroatoms. The zero-order valence-electron chi connectivity index (χ0n) is 14.1.